The van der Waals surface area contributed by atoms with E-state index in [1.54, 1.807) is 75.1 Å². The number of aliphatic hydroxyl groups excluding tert-OH is 1. The lowest BCUT2D eigenvalue weighted by atomic mass is 9.83. The molecule has 3 aliphatic heterocycles. The highest BCUT2D eigenvalue weighted by Crippen LogP contribution is 2.32. The number of nitrogens with one attached hydrogen (secondary N) is 3. The molecule has 4 N–H and O–H groups in total. The summed E-state index contributed by atoms with van der Waals surface area (Å²) in [4.78, 5) is 130. The van der Waals surface area contributed by atoms with E-state index < -0.39 is 89.7 Å². The van der Waals surface area contributed by atoms with Crippen molar-refractivity contribution in [2.24, 2.45) is 29.6 Å². The van der Waals surface area contributed by atoms with Crippen molar-refractivity contribution in [1.29, 1.82) is 0 Å². The average Bonchev–Trinajstić information content (AvgIpc) is 4.32. The molecule has 0 bridgehead atoms. The van der Waals surface area contributed by atoms with Gasteiger partial charge < -0.3 is 58.9 Å². The van der Waals surface area contributed by atoms with Gasteiger partial charge in [0, 0.05) is 66.7 Å². The van der Waals surface area contributed by atoms with Crippen LogP contribution in [0.25, 0.3) is 0 Å². The Hall–Kier alpha value is -6.44. The summed E-state index contributed by atoms with van der Waals surface area (Å²) >= 11 is 1.27. The van der Waals surface area contributed by atoms with Crippen molar-refractivity contribution in [1.82, 2.24) is 30.2 Å². The van der Waals surface area contributed by atoms with Crippen LogP contribution in [-0.2, 0) is 63.8 Å². The first-order valence-corrected chi connectivity index (χ1v) is 31.3. The predicted molar refractivity (Wildman–Crippen MR) is 327 cm³/mol. The summed E-state index contributed by atoms with van der Waals surface area (Å²) in [7, 11) is 6.13. The fourth-order valence-electron chi connectivity index (χ4n) is 11.7. The second-order valence-electron chi connectivity index (χ2n) is 23.4. The van der Waals surface area contributed by atoms with Crippen LogP contribution in [0, 0.1) is 29.6 Å². The molecule has 0 spiro atoms. The van der Waals surface area contributed by atoms with Crippen LogP contribution >= 0.6 is 11.8 Å². The van der Waals surface area contributed by atoms with Crippen molar-refractivity contribution in [3.8, 4) is 0 Å². The van der Waals surface area contributed by atoms with Crippen molar-refractivity contribution in [2.45, 2.75) is 154 Å². The number of carbonyl (C=O) groups is 9. The molecule has 24 heteroatoms. The number of likely N-dealkylation sites (N-methyl/N-ethyl adjacent to an activating group) is 2. The van der Waals surface area contributed by atoms with Crippen molar-refractivity contribution in [3.05, 3.63) is 77.4 Å². The van der Waals surface area contributed by atoms with Gasteiger partial charge in [0.15, 0.2) is 5.78 Å². The Kier molecular flexibility index (Phi) is 28.2. The number of Topliss-reactive ketones (excluding diaryl/α,β-unsaturated/α-hetero) is 1. The Morgan fingerprint density at radius 1 is 0.897 bits per heavy atom. The van der Waals surface area contributed by atoms with E-state index in [1.165, 1.54) is 56.1 Å². The highest BCUT2D eigenvalue weighted by molar-refractivity contribution is 8.00. The molecule has 0 saturated carbocycles. The Morgan fingerprint density at radius 2 is 1.61 bits per heavy atom. The molecular formula is C63H93N7O16S. The van der Waals surface area contributed by atoms with Crippen LogP contribution in [0.4, 0.5) is 15.3 Å². The van der Waals surface area contributed by atoms with Gasteiger partial charge in [0.25, 0.3) is 5.91 Å². The molecule has 2 aromatic rings. The Bertz CT molecular complexity index is 2700. The van der Waals surface area contributed by atoms with Gasteiger partial charge in [-0.25, -0.2) is 9.59 Å². The zero-order valence-electron chi connectivity index (χ0n) is 52.8. The molecule has 2 saturated heterocycles. The van der Waals surface area contributed by atoms with Gasteiger partial charge in [-0.1, -0.05) is 97.4 Å². The first-order chi connectivity index (χ1) is 41.4. The van der Waals surface area contributed by atoms with Gasteiger partial charge in [0.2, 0.25) is 29.5 Å². The van der Waals surface area contributed by atoms with Gasteiger partial charge in [0.1, 0.15) is 19.5 Å². The monoisotopic (exact) mass is 1240 g/mol. The minimum atomic E-state index is -1.03. The molecule has 8 amide bonds. The van der Waals surface area contributed by atoms with Crippen LogP contribution in [0.1, 0.15) is 122 Å². The number of thioether (sulfide) groups is 1. The summed E-state index contributed by atoms with van der Waals surface area (Å²) in [5.41, 5.74) is 0.996. The number of carbonyl (C=O) groups excluding carboxylic acids is 9. The van der Waals surface area contributed by atoms with E-state index in [0.717, 1.165) is 4.90 Å². The third-order valence-corrected chi connectivity index (χ3v) is 17.7. The number of hydrogen-bond acceptors (Lipinski definition) is 17. The number of methoxy groups -OCH3 is 2. The van der Waals surface area contributed by atoms with E-state index in [0.29, 0.717) is 36.9 Å². The molecule has 0 aliphatic carbocycles. The zero-order valence-corrected chi connectivity index (χ0v) is 53.6. The third-order valence-electron chi connectivity index (χ3n) is 16.8. The van der Waals surface area contributed by atoms with Crippen LogP contribution in [0.15, 0.2) is 60.7 Å². The molecule has 3 aliphatic rings. The van der Waals surface area contributed by atoms with Crippen molar-refractivity contribution >= 4 is 70.9 Å². The van der Waals surface area contributed by atoms with E-state index in [4.69, 9.17) is 28.4 Å². The highest BCUT2D eigenvalue weighted by atomic mass is 32.2. The molecular weight excluding hydrogens is 1140 g/mol. The maximum Gasteiger partial charge on any atom is 0.412 e. The maximum absolute atomic E-state index is 14.9. The minimum absolute atomic E-state index is 0.00804. The fraction of sp³-hybridized carbons (Fsp3) is 0.635. The van der Waals surface area contributed by atoms with Crippen molar-refractivity contribution in [2.75, 3.05) is 79.5 Å². The molecule has 12 atom stereocenters. The van der Waals surface area contributed by atoms with Gasteiger partial charge in [0.05, 0.1) is 84.5 Å². The highest BCUT2D eigenvalue weighted by Gasteiger charge is 2.44. The number of nitrogens with zero attached hydrogens (tertiary/aromatic N) is 4. The number of benzene rings is 2. The van der Waals surface area contributed by atoms with Crippen LogP contribution < -0.4 is 16.0 Å². The van der Waals surface area contributed by atoms with Crippen molar-refractivity contribution in [3.63, 3.8) is 0 Å². The molecule has 482 valence electrons. The number of hydrogen-bond donors (Lipinski definition) is 4. The summed E-state index contributed by atoms with van der Waals surface area (Å²) in [6, 6.07) is 10.8. The largest absolute Gasteiger partial charge is 0.445 e. The number of rotatable bonds is 30. The number of ketones is 1. The van der Waals surface area contributed by atoms with Gasteiger partial charge in [-0.2, -0.15) is 11.8 Å². The molecule has 23 nitrogen and oxygen atoms in total. The standard InChI is InChI=1S/C63H93N7O16S/c1-14-39(6)55(50(81-11)32-52(72)69-27-18-23-48(69)57(82-12)40(7)58(75)65-41(8)56(74)43-20-16-15-17-21-43)67(9)60(77)45(37(2)3)31-49(71)54(38(4)5)68(10)63(80)85-34-42-24-25-47(66-62(79)86-44-22-19-29-83-36-84-35-44)46(30-42)59(76)64-26-28-70-53(73)33-51(87-13)61(70)78/h15-17,19-22,24-25,30,37-41,44-45,48,50-51,54-57,74H,14,18,23,26-29,31-36H2,1-13H3,(H,64,76)(H,65,75)(H,66,79)/b22-19+/t39-,40+,41+,44?,45?,48-,50+,51?,54-,55-,56+,57+/m0/s1. The first-order valence-electron chi connectivity index (χ1n) is 30.0. The second kappa shape index (κ2) is 34.3. The van der Waals surface area contributed by atoms with Gasteiger partial charge >= 0.3 is 12.2 Å². The number of ether oxygens (including phenoxy) is 6. The lowest BCUT2D eigenvalue weighted by molar-refractivity contribution is -0.149. The van der Waals surface area contributed by atoms with E-state index >= 15 is 0 Å². The summed E-state index contributed by atoms with van der Waals surface area (Å²) in [5.74, 6) is -5.06. The van der Waals surface area contributed by atoms with Gasteiger partial charge in [-0.05, 0) is 73.1 Å². The number of likely N-dealkylation sites (tertiary alicyclic amines) is 2. The summed E-state index contributed by atoms with van der Waals surface area (Å²) in [6.07, 6.45) is 1.83. The summed E-state index contributed by atoms with van der Waals surface area (Å²) in [5, 5.41) is 18.7. The van der Waals surface area contributed by atoms with E-state index in [-0.39, 0.29) is 117 Å². The Balaban J connectivity index is 1.26. The first kappa shape index (κ1) is 71.3. The summed E-state index contributed by atoms with van der Waals surface area (Å²) in [6.45, 7) is 14.9. The molecule has 5 rings (SSSR count). The lowest BCUT2D eigenvalue weighted by Crippen LogP contribution is -2.55. The van der Waals surface area contributed by atoms with Crippen molar-refractivity contribution < 1.29 is 76.7 Å². The van der Waals surface area contributed by atoms with E-state index in [2.05, 4.69) is 16.0 Å². The minimum Gasteiger partial charge on any atom is -0.445 e. The Labute approximate surface area is 516 Å². The topological polar surface area (TPSA) is 278 Å². The quantitative estimate of drug-likeness (QED) is 0.0489. The lowest BCUT2D eigenvalue weighted by Gasteiger charge is -2.41. The number of imide groups is 1. The van der Waals surface area contributed by atoms with Crippen LogP contribution in [0.5, 0.6) is 0 Å². The van der Waals surface area contributed by atoms with E-state index in [1.807, 2.05) is 45.9 Å². The number of anilines is 1. The second-order valence-corrected chi connectivity index (χ2v) is 24.5. The normalized spacial score (nSPS) is 20.6. The molecule has 0 radical (unpaired) electrons. The smallest absolute Gasteiger partial charge is 0.412 e. The molecule has 87 heavy (non-hydrogen) atoms. The van der Waals surface area contributed by atoms with Crippen LogP contribution in [0.3, 0.4) is 0 Å². The summed E-state index contributed by atoms with van der Waals surface area (Å²) < 4.78 is 34.0. The molecule has 2 fully saturated rings. The van der Waals surface area contributed by atoms with Crippen LogP contribution in [-0.4, -0.2) is 200 Å². The zero-order chi connectivity index (χ0) is 64.2. The maximum atomic E-state index is 14.9. The average molecular weight is 1240 g/mol. The van der Waals surface area contributed by atoms with E-state index in [9.17, 15) is 48.3 Å². The third kappa shape index (κ3) is 19.3. The van der Waals surface area contributed by atoms with Gasteiger partial charge in [-0.3, -0.25) is 43.8 Å². The Morgan fingerprint density at radius 3 is 2.24 bits per heavy atom. The predicted octanol–water partition coefficient (Wildman–Crippen LogP) is 6.37. The van der Waals surface area contributed by atoms with Gasteiger partial charge in [-0.15, -0.1) is 0 Å². The number of aliphatic hydroxyl groups is 1. The number of amides is 8. The fourth-order valence-corrected chi connectivity index (χ4v) is 12.3. The molecule has 3 unspecified atom stereocenters. The SMILES string of the molecule is CC[C@H](C)[C@@H]([C@@H](CC(=O)N1CCC[C@H]1[C@H](OC)[C@@H](C)C(=O)N[C@H](C)[C@@H](O)c1ccccc1)OC)N(C)C(=O)C(CC(=O)[C@H](C(C)C)N(C)C(=O)OCc1ccc(NC(=O)OC2/C=C/COCOC2)c(C(=O)NCCN2C(=O)CC(SC)C2=O)c1)C(C)C. The van der Waals surface area contributed by atoms with Crippen LogP contribution in [0.2, 0.25) is 0 Å². The molecule has 0 aromatic heterocycles. The molecule has 2 aromatic carbocycles. The molecule has 3 heterocycles.